The van der Waals surface area contributed by atoms with Crippen molar-refractivity contribution in [2.45, 2.75) is 50.7 Å². The van der Waals surface area contributed by atoms with Crippen LogP contribution in [0.3, 0.4) is 0 Å². The van der Waals surface area contributed by atoms with Gasteiger partial charge in [-0.3, -0.25) is 0 Å². The van der Waals surface area contributed by atoms with Crippen LogP contribution in [0.2, 0.25) is 19.6 Å². The second-order valence-corrected chi connectivity index (χ2v) is 10.5. The van der Waals surface area contributed by atoms with Gasteiger partial charge in [-0.05, 0) is 6.42 Å². The van der Waals surface area contributed by atoms with Crippen LogP contribution < -0.4 is 0 Å². The number of rotatable bonds is 6. The highest BCUT2D eigenvalue weighted by molar-refractivity contribution is 6.82. The van der Waals surface area contributed by atoms with Gasteiger partial charge in [0, 0.05) is 6.08 Å². The van der Waals surface area contributed by atoms with E-state index in [0.29, 0.717) is 6.42 Å². The van der Waals surface area contributed by atoms with E-state index in [9.17, 15) is 19.8 Å². The van der Waals surface area contributed by atoms with Gasteiger partial charge in [-0.1, -0.05) is 39.6 Å². The molecule has 0 rings (SSSR count). The number of hydrogen-bond acceptors (Lipinski definition) is 5. The summed E-state index contributed by atoms with van der Waals surface area (Å²) in [6.45, 7) is 10.2. The lowest BCUT2D eigenvalue weighted by molar-refractivity contribution is -0.172. The maximum Gasteiger partial charge on any atom is 0.345 e. The molecule has 0 radical (unpaired) electrons. The van der Waals surface area contributed by atoms with E-state index in [2.05, 4.69) is 11.3 Å². The van der Waals surface area contributed by atoms with E-state index in [4.69, 9.17) is 0 Å². The van der Waals surface area contributed by atoms with Crippen molar-refractivity contribution in [3.63, 3.8) is 0 Å². The molecule has 0 aliphatic heterocycles. The molecule has 0 heterocycles. The molecular formula is C12H22O5Si. The predicted molar refractivity (Wildman–Crippen MR) is 70.5 cm³/mol. The van der Waals surface area contributed by atoms with Gasteiger partial charge in [0.1, 0.15) is 8.07 Å². The fraction of sp³-hybridized carbons (Fsp3) is 0.667. The van der Waals surface area contributed by atoms with Gasteiger partial charge in [-0.15, -0.1) is 0 Å². The Labute approximate surface area is 108 Å². The molecule has 2 atom stereocenters. The Morgan fingerprint density at radius 2 is 1.94 bits per heavy atom. The Kier molecular flexibility index (Phi) is 5.92. The SMILES string of the molecule is C=CC(=O)OC(=O)C(O)(C(O)CCC)[Si](C)(C)C. The third-order valence-corrected chi connectivity index (χ3v) is 5.68. The number of esters is 2. The number of aliphatic hydroxyl groups is 2. The van der Waals surface area contributed by atoms with Crippen molar-refractivity contribution in [3.05, 3.63) is 12.7 Å². The first kappa shape index (κ1) is 17.0. The van der Waals surface area contributed by atoms with Gasteiger partial charge in [-0.25, -0.2) is 9.59 Å². The average Bonchev–Trinajstić information content (AvgIpc) is 2.26. The first-order chi connectivity index (χ1) is 8.11. The number of aliphatic hydroxyl groups excluding tert-OH is 1. The van der Waals surface area contributed by atoms with Gasteiger partial charge >= 0.3 is 11.9 Å². The van der Waals surface area contributed by atoms with E-state index in [1.165, 1.54) is 0 Å². The van der Waals surface area contributed by atoms with Gasteiger partial charge in [0.2, 0.25) is 0 Å². The molecule has 5 nitrogen and oxygen atoms in total. The number of carbonyl (C=O) groups excluding carboxylic acids is 2. The Bertz CT molecular complexity index is 334. The number of carbonyl (C=O) groups is 2. The summed E-state index contributed by atoms with van der Waals surface area (Å²) in [5.41, 5.74) is 0. The molecule has 0 saturated heterocycles. The zero-order valence-electron chi connectivity index (χ0n) is 11.4. The normalized spacial score (nSPS) is 16.6. The van der Waals surface area contributed by atoms with Gasteiger partial charge < -0.3 is 14.9 Å². The highest BCUT2D eigenvalue weighted by Gasteiger charge is 2.55. The largest absolute Gasteiger partial charge is 0.390 e. The van der Waals surface area contributed by atoms with Gasteiger partial charge in [-0.2, -0.15) is 0 Å². The smallest absolute Gasteiger partial charge is 0.345 e. The van der Waals surface area contributed by atoms with Crippen molar-refractivity contribution >= 4 is 20.0 Å². The molecule has 104 valence electrons. The van der Waals surface area contributed by atoms with E-state index < -0.39 is 31.3 Å². The summed E-state index contributed by atoms with van der Waals surface area (Å²) in [7, 11) is -2.51. The molecule has 0 bridgehead atoms. The molecule has 0 spiro atoms. The molecule has 0 aliphatic carbocycles. The third kappa shape index (κ3) is 3.50. The summed E-state index contributed by atoms with van der Waals surface area (Å²) >= 11 is 0. The van der Waals surface area contributed by atoms with Crippen LogP contribution in [0.4, 0.5) is 0 Å². The zero-order chi connectivity index (χ0) is 14.6. The van der Waals surface area contributed by atoms with E-state index >= 15 is 0 Å². The summed E-state index contributed by atoms with van der Waals surface area (Å²) in [4.78, 5) is 23.0. The van der Waals surface area contributed by atoms with Gasteiger partial charge in [0.05, 0.1) is 6.10 Å². The Morgan fingerprint density at radius 1 is 1.44 bits per heavy atom. The topological polar surface area (TPSA) is 83.8 Å². The molecule has 6 heteroatoms. The lowest BCUT2D eigenvalue weighted by Crippen LogP contribution is -2.65. The minimum atomic E-state index is -2.51. The molecule has 0 saturated carbocycles. The van der Waals surface area contributed by atoms with Crippen molar-refractivity contribution in [2.75, 3.05) is 0 Å². The molecule has 2 unspecified atom stereocenters. The van der Waals surface area contributed by atoms with Crippen molar-refractivity contribution < 1.29 is 24.5 Å². The van der Waals surface area contributed by atoms with E-state index in [-0.39, 0.29) is 6.42 Å². The van der Waals surface area contributed by atoms with E-state index in [1.807, 2.05) is 6.92 Å². The molecule has 0 fully saturated rings. The first-order valence-electron chi connectivity index (χ1n) is 5.90. The summed E-state index contributed by atoms with van der Waals surface area (Å²) in [5.74, 6) is -2.02. The first-order valence-corrected chi connectivity index (χ1v) is 9.40. The summed E-state index contributed by atoms with van der Waals surface area (Å²) in [5, 5.41) is 18.5. The highest BCUT2D eigenvalue weighted by atomic mass is 28.3. The fourth-order valence-electron chi connectivity index (χ4n) is 1.64. The molecule has 0 aromatic carbocycles. The van der Waals surface area contributed by atoms with Crippen molar-refractivity contribution in [1.82, 2.24) is 0 Å². The molecule has 0 amide bonds. The Balaban J connectivity index is 5.29. The standard InChI is InChI=1S/C12H22O5Si/c1-6-8-9(13)12(16,18(3,4)5)11(15)17-10(14)7-2/h7,9,13,16H,2,6,8H2,1,3-5H3. The maximum atomic E-state index is 11.9. The minimum absolute atomic E-state index is 0.262. The Morgan fingerprint density at radius 3 is 2.28 bits per heavy atom. The monoisotopic (exact) mass is 274 g/mol. The zero-order valence-corrected chi connectivity index (χ0v) is 12.4. The van der Waals surface area contributed by atoms with Crippen LogP contribution in [-0.4, -0.2) is 41.6 Å². The average molecular weight is 274 g/mol. The number of hydrogen-bond donors (Lipinski definition) is 2. The van der Waals surface area contributed by atoms with Crippen LogP contribution in [0.1, 0.15) is 19.8 Å². The van der Waals surface area contributed by atoms with Crippen molar-refractivity contribution in [2.24, 2.45) is 0 Å². The summed E-state index contributed by atoms with van der Waals surface area (Å²) in [6.07, 6.45) is 0.475. The molecule has 0 aliphatic rings. The molecule has 18 heavy (non-hydrogen) atoms. The van der Waals surface area contributed by atoms with E-state index in [0.717, 1.165) is 6.08 Å². The number of ether oxygens (including phenoxy) is 1. The maximum absolute atomic E-state index is 11.9. The van der Waals surface area contributed by atoms with Crippen LogP contribution >= 0.6 is 0 Å². The van der Waals surface area contributed by atoms with Crippen LogP contribution in [-0.2, 0) is 14.3 Å². The summed E-state index contributed by atoms with van der Waals surface area (Å²) in [6, 6.07) is 0. The lowest BCUT2D eigenvalue weighted by Gasteiger charge is -2.39. The molecule has 0 aromatic heterocycles. The van der Waals surface area contributed by atoms with Crippen LogP contribution in [0.15, 0.2) is 12.7 Å². The van der Waals surface area contributed by atoms with Crippen LogP contribution in [0, 0.1) is 0 Å². The molecule has 2 N–H and O–H groups in total. The second kappa shape index (κ2) is 6.26. The van der Waals surface area contributed by atoms with Crippen LogP contribution in [0.25, 0.3) is 0 Å². The summed E-state index contributed by atoms with van der Waals surface area (Å²) < 4.78 is 4.49. The fourth-order valence-corrected chi connectivity index (χ4v) is 3.44. The quantitative estimate of drug-likeness (QED) is 0.327. The lowest BCUT2D eigenvalue weighted by atomic mass is 10.1. The second-order valence-electron chi connectivity index (χ2n) is 5.23. The van der Waals surface area contributed by atoms with Crippen molar-refractivity contribution in [3.8, 4) is 0 Å². The Hall–Kier alpha value is -0.983. The van der Waals surface area contributed by atoms with Crippen LogP contribution in [0.5, 0.6) is 0 Å². The molecular weight excluding hydrogens is 252 g/mol. The molecule has 0 aromatic rings. The predicted octanol–water partition coefficient (Wildman–Crippen LogP) is 1.01. The van der Waals surface area contributed by atoms with Crippen molar-refractivity contribution in [1.29, 1.82) is 0 Å². The van der Waals surface area contributed by atoms with E-state index in [1.54, 1.807) is 19.6 Å². The minimum Gasteiger partial charge on any atom is -0.390 e. The van der Waals surface area contributed by atoms with Gasteiger partial charge in [0.25, 0.3) is 0 Å². The highest BCUT2D eigenvalue weighted by Crippen LogP contribution is 2.28. The van der Waals surface area contributed by atoms with Gasteiger partial charge in [0.15, 0.2) is 5.22 Å². The third-order valence-electron chi connectivity index (χ3n) is 2.86.